The topological polar surface area (TPSA) is 234 Å². The summed E-state index contributed by atoms with van der Waals surface area (Å²) in [7, 11) is -4.61. The molecule has 0 aliphatic heterocycles. The van der Waals surface area contributed by atoms with Gasteiger partial charge in [0.05, 0.1) is 0 Å². The minimum absolute atomic E-state index is 0.101. The number of aliphatic carboxylic acids is 2. The Hall–Kier alpha value is -4.10. The Bertz CT molecular complexity index is 1360. The van der Waals surface area contributed by atoms with E-state index in [-0.39, 0.29) is 34.9 Å². The van der Waals surface area contributed by atoms with E-state index >= 15 is 0 Å². The van der Waals surface area contributed by atoms with Gasteiger partial charge in [-0.1, -0.05) is 0 Å². The van der Waals surface area contributed by atoms with Crippen molar-refractivity contribution < 1.29 is 64.7 Å². The van der Waals surface area contributed by atoms with Gasteiger partial charge in [0.2, 0.25) is 5.91 Å². The van der Waals surface area contributed by atoms with Crippen LogP contribution in [0.5, 0.6) is 5.75 Å². The molecule has 1 heterocycles. The van der Waals surface area contributed by atoms with Crippen LogP contribution in [-0.4, -0.2) is 70.8 Å². The molecule has 0 aliphatic rings. The molecule has 0 bridgehead atoms. The Balaban J connectivity index is 0.000000956. The number of hydrogen-bond acceptors (Lipinski definition) is 9. The summed E-state index contributed by atoms with van der Waals surface area (Å²) in [5, 5.41) is 25.3. The van der Waals surface area contributed by atoms with Gasteiger partial charge in [-0.2, -0.15) is 21.6 Å². The lowest BCUT2D eigenvalue weighted by molar-refractivity contribution is -0.192. The van der Waals surface area contributed by atoms with Crippen LogP contribution in [-0.2, 0) is 30.9 Å². The maximum absolute atomic E-state index is 14.0. The average Bonchev–Trinajstić information content (AvgIpc) is 3.26. The fourth-order valence-electron chi connectivity index (χ4n) is 2.41. The average molecular weight is 602 g/mol. The first-order valence-corrected chi connectivity index (χ1v) is 12.4. The number of carboxylic acids is 2. The number of carbonyl (C=O) groups excluding carboxylic acids is 2. The number of nitrogens with two attached hydrogens (primary N) is 1. The van der Waals surface area contributed by atoms with Crippen LogP contribution in [0.4, 0.5) is 17.6 Å². The summed E-state index contributed by atoms with van der Waals surface area (Å²) in [6.07, 6.45) is -5.20. The fraction of sp³-hybridized carbons (Fsp3) is 0.250. The van der Waals surface area contributed by atoms with Crippen LogP contribution in [0.1, 0.15) is 26.5 Å². The SMILES string of the molecule is N=C(N)c1ccc(OC(=O)c2ccc(CCC(=O)N[C@@H](CS(=O)(=O)O)C(=O)O)s2)c(F)c1.O=C(O)C(F)(F)F. The predicted octanol–water partition coefficient (Wildman–Crippen LogP) is 1.41. The van der Waals surface area contributed by atoms with Crippen LogP contribution in [0.25, 0.3) is 0 Å². The number of aryl methyl sites for hydroxylation is 1. The molecule has 1 aromatic heterocycles. The standard InChI is InChI=1S/C18H18FN3O8S2.C2HF3O2/c19-11-7-9(16(20)21)1-4-13(11)30-18(26)14-5-2-10(31-14)3-6-15(23)22-12(17(24)25)8-32(27,28)29;3-2(4,5)1(6)7/h1-2,4-5,7,12H,3,6,8H2,(H3,20,21)(H,22,23)(H,24,25)(H,27,28,29);(H,6,7)/t12-;/m0./s1. The van der Waals surface area contributed by atoms with Gasteiger partial charge in [-0.15, -0.1) is 11.3 Å². The van der Waals surface area contributed by atoms with Gasteiger partial charge < -0.3 is 26.0 Å². The molecule has 19 heteroatoms. The van der Waals surface area contributed by atoms with E-state index in [2.05, 4.69) is 0 Å². The molecule has 1 aromatic carbocycles. The summed E-state index contributed by atoms with van der Waals surface area (Å²) in [6, 6.07) is 4.55. The fourth-order valence-corrected chi connectivity index (χ4v) is 3.94. The zero-order valence-electron chi connectivity index (χ0n) is 19.2. The first-order valence-electron chi connectivity index (χ1n) is 10.0. The lowest BCUT2D eigenvalue weighted by Crippen LogP contribution is -2.45. The Morgan fingerprint density at radius 2 is 1.72 bits per heavy atom. The third kappa shape index (κ3) is 11.9. The quantitative estimate of drug-likeness (QED) is 0.0569. The number of carbonyl (C=O) groups is 4. The number of amidine groups is 1. The molecule has 0 saturated carbocycles. The van der Waals surface area contributed by atoms with Crippen LogP contribution in [0.3, 0.4) is 0 Å². The molecule has 7 N–H and O–H groups in total. The van der Waals surface area contributed by atoms with Crippen molar-refractivity contribution in [2.24, 2.45) is 5.73 Å². The van der Waals surface area contributed by atoms with Gasteiger partial charge in [0, 0.05) is 16.9 Å². The van der Waals surface area contributed by atoms with E-state index in [0.717, 1.165) is 23.5 Å². The smallest absolute Gasteiger partial charge is 0.480 e. The summed E-state index contributed by atoms with van der Waals surface area (Å²) >= 11 is 0.968. The third-order valence-corrected chi connectivity index (χ3v) is 6.04. The van der Waals surface area contributed by atoms with Gasteiger partial charge >= 0.3 is 24.1 Å². The summed E-state index contributed by atoms with van der Waals surface area (Å²) in [5.74, 6) is -8.75. The molecular formula is C20H19F4N3O10S2. The first-order chi connectivity index (χ1) is 17.8. The minimum Gasteiger partial charge on any atom is -0.480 e. The molecule has 0 spiro atoms. The molecule has 0 radical (unpaired) electrons. The van der Waals surface area contributed by atoms with E-state index in [1.54, 1.807) is 0 Å². The van der Waals surface area contributed by atoms with Crippen LogP contribution >= 0.6 is 11.3 Å². The number of esters is 1. The Labute approximate surface area is 220 Å². The van der Waals surface area contributed by atoms with Gasteiger partial charge in [-0.25, -0.2) is 18.8 Å². The maximum atomic E-state index is 14.0. The van der Waals surface area contributed by atoms with Crippen LogP contribution < -0.4 is 15.8 Å². The van der Waals surface area contributed by atoms with Gasteiger partial charge in [0.25, 0.3) is 10.1 Å². The zero-order valence-corrected chi connectivity index (χ0v) is 20.8. The highest BCUT2D eigenvalue weighted by atomic mass is 32.2. The lowest BCUT2D eigenvalue weighted by Gasteiger charge is -2.12. The van der Waals surface area contributed by atoms with E-state index in [9.17, 15) is 40.4 Å². The number of thiophene rings is 1. The maximum Gasteiger partial charge on any atom is 0.490 e. The molecule has 0 saturated heterocycles. The van der Waals surface area contributed by atoms with E-state index in [1.165, 1.54) is 18.2 Å². The minimum atomic E-state index is -5.08. The number of amides is 1. The van der Waals surface area contributed by atoms with Gasteiger partial charge in [0.15, 0.2) is 11.6 Å². The van der Waals surface area contributed by atoms with E-state index in [0.29, 0.717) is 4.88 Å². The van der Waals surface area contributed by atoms with Crippen molar-refractivity contribution >= 4 is 51.1 Å². The van der Waals surface area contributed by atoms with Crippen LogP contribution in [0, 0.1) is 11.2 Å². The summed E-state index contributed by atoms with van der Waals surface area (Å²) in [4.78, 5) is 44.7. The molecule has 0 aliphatic carbocycles. The lowest BCUT2D eigenvalue weighted by atomic mass is 10.2. The van der Waals surface area contributed by atoms with Gasteiger partial charge in [0.1, 0.15) is 22.5 Å². The molecule has 1 atom stereocenters. The van der Waals surface area contributed by atoms with Crippen molar-refractivity contribution in [3.05, 3.63) is 51.5 Å². The summed E-state index contributed by atoms with van der Waals surface area (Å²) in [5.41, 5.74) is 5.39. The molecule has 0 fully saturated rings. The summed E-state index contributed by atoms with van der Waals surface area (Å²) in [6.45, 7) is 0. The van der Waals surface area contributed by atoms with Crippen molar-refractivity contribution in [2.45, 2.75) is 25.1 Å². The molecule has 2 rings (SSSR count). The monoisotopic (exact) mass is 601 g/mol. The van der Waals surface area contributed by atoms with Crippen molar-refractivity contribution in [1.82, 2.24) is 5.32 Å². The normalized spacial score (nSPS) is 11.9. The van der Waals surface area contributed by atoms with Gasteiger partial charge in [-0.05, 0) is 36.8 Å². The van der Waals surface area contributed by atoms with E-state index < -0.39 is 57.7 Å². The molecule has 1 amide bonds. The Morgan fingerprint density at radius 1 is 1.13 bits per heavy atom. The van der Waals surface area contributed by atoms with Crippen molar-refractivity contribution in [3.8, 4) is 5.75 Å². The summed E-state index contributed by atoms with van der Waals surface area (Å²) < 4.78 is 81.1. The van der Waals surface area contributed by atoms with Gasteiger partial charge in [-0.3, -0.25) is 14.8 Å². The van der Waals surface area contributed by atoms with Crippen molar-refractivity contribution in [2.75, 3.05) is 5.75 Å². The number of halogens is 4. The Kier molecular flexibility index (Phi) is 11.5. The highest BCUT2D eigenvalue weighted by Gasteiger charge is 2.38. The zero-order chi connectivity index (χ0) is 30.1. The predicted molar refractivity (Wildman–Crippen MR) is 125 cm³/mol. The number of alkyl halides is 3. The Morgan fingerprint density at radius 3 is 2.18 bits per heavy atom. The highest BCUT2D eigenvalue weighted by Crippen LogP contribution is 2.23. The van der Waals surface area contributed by atoms with Crippen molar-refractivity contribution in [3.63, 3.8) is 0 Å². The third-order valence-electron chi connectivity index (χ3n) is 4.16. The molecule has 39 heavy (non-hydrogen) atoms. The number of carboxylic acid groups (broad SMARTS) is 2. The number of benzene rings is 1. The van der Waals surface area contributed by atoms with Crippen molar-refractivity contribution in [1.29, 1.82) is 5.41 Å². The first kappa shape index (κ1) is 32.9. The number of rotatable bonds is 10. The van der Waals surface area contributed by atoms with E-state index in [1.807, 2.05) is 5.32 Å². The van der Waals surface area contributed by atoms with Crippen LogP contribution in [0.2, 0.25) is 0 Å². The number of ether oxygens (including phenoxy) is 1. The molecule has 13 nitrogen and oxygen atoms in total. The van der Waals surface area contributed by atoms with Crippen LogP contribution in [0.15, 0.2) is 30.3 Å². The number of nitrogens with one attached hydrogen (secondary N) is 2. The number of nitrogen functional groups attached to an aromatic ring is 1. The largest absolute Gasteiger partial charge is 0.490 e. The second-order valence-electron chi connectivity index (χ2n) is 7.22. The highest BCUT2D eigenvalue weighted by molar-refractivity contribution is 7.85. The molecular weight excluding hydrogens is 582 g/mol. The molecule has 0 unspecified atom stereocenters. The second kappa shape index (κ2) is 13.6. The molecule has 214 valence electrons. The second-order valence-corrected chi connectivity index (χ2v) is 9.89. The number of hydrogen-bond donors (Lipinski definition) is 6. The van der Waals surface area contributed by atoms with E-state index in [4.69, 9.17) is 35.4 Å². The molecule has 2 aromatic rings.